The van der Waals surface area contributed by atoms with Crippen LogP contribution in [0, 0.1) is 12.7 Å². The van der Waals surface area contributed by atoms with Crippen molar-refractivity contribution in [1.29, 1.82) is 0 Å². The first-order valence-corrected chi connectivity index (χ1v) is 7.89. The Bertz CT molecular complexity index is 749. The molecule has 134 valence electrons. The summed E-state index contributed by atoms with van der Waals surface area (Å²) < 4.78 is 24.2. The summed E-state index contributed by atoms with van der Waals surface area (Å²) in [4.78, 5) is 14.0. The minimum Gasteiger partial charge on any atom is -0.493 e. The third-order valence-corrected chi connectivity index (χ3v) is 3.79. The van der Waals surface area contributed by atoms with Crippen molar-refractivity contribution in [2.45, 2.75) is 13.5 Å². The smallest absolute Gasteiger partial charge is 0.238 e. The molecular weight excluding hydrogens is 323 g/mol. The van der Waals surface area contributed by atoms with Gasteiger partial charge in [-0.2, -0.15) is 0 Å². The van der Waals surface area contributed by atoms with Gasteiger partial charge < -0.3 is 14.8 Å². The lowest BCUT2D eigenvalue weighted by molar-refractivity contribution is -0.117. The summed E-state index contributed by atoms with van der Waals surface area (Å²) >= 11 is 0. The first kappa shape index (κ1) is 18.7. The van der Waals surface area contributed by atoms with Crippen LogP contribution in [0.4, 0.5) is 10.1 Å². The molecule has 1 N–H and O–H groups in total. The van der Waals surface area contributed by atoms with Crippen molar-refractivity contribution in [2.24, 2.45) is 0 Å². The van der Waals surface area contributed by atoms with Gasteiger partial charge in [-0.3, -0.25) is 9.69 Å². The molecule has 0 aliphatic carbocycles. The summed E-state index contributed by atoms with van der Waals surface area (Å²) in [6.07, 6.45) is 0. The molecule has 0 heterocycles. The zero-order valence-electron chi connectivity index (χ0n) is 14.9. The number of methoxy groups -OCH3 is 2. The predicted octanol–water partition coefficient (Wildman–Crippen LogP) is 3.22. The maximum Gasteiger partial charge on any atom is 0.238 e. The largest absolute Gasteiger partial charge is 0.493 e. The highest BCUT2D eigenvalue weighted by Crippen LogP contribution is 2.31. The second-order valence-electron chi connectivity index (χ2n) is 5.84. The summed E-state index contributed by atoms with van der Waals surface area (Å²) in [6, 6.07) is 10.3. The number of anilines is 1. The topological polar surface area (TPSA) is 50.8 Å². The number of carbonyl (C=O) groups is 1. The standard InChI is InChI=1S/C19H23FN2O3/c1-13-8-9-15(10-16(13)20)21-18(23)12-22(2)11-14-6-5-7-17(24-3)19(14)25-4/h5-10H,11-12H2,1-4H3,(H,21,23). The van der Waals surface area contributed by atoms with Crippen LogP contribution in [0.5, 0.6) is 11.5 Å². The normalized spacial score (nSPS) is 10.6. The molecule has 0 fully saturated rings. The molecule has 0 aliphatic heterocycles. The third-order valence-electron chi connectivity index (χ3n) is 3.79. The van der Waals surface area contributed by atoms with Gasteiger partial charge in [0.05, 0.1) is 20.8 Å². The van der Waals surface area contributed by atoms with Gasteiger partial charge in [0, 0.05) is 17.8 Å². The van der Waals surface area contributed by atoms with Gasteiger partial charge in [-0.15, -0.1) is 0 Å². The molecule has 0 bridgehead atoms. The molecule has 25 heavy (non-hydrogen) atoms. The van der Waals surface area contributed by atoms with Crippen molar-refractivity contribution in [2.75, 3.05) is 33.1 Å². The number of ether oxygens (including phenoxy) is 2. The average molecular weight is 346 g/mol. The van der Waals surface area contributed by atoms with Gasteiger partial charge in [-0.25, -0.2) is 4.39 Å². The van der Waals surface area contributed by atoms with Crippen LogP contribution in [0.2, 0.25) is 0 Å². The van der Waals surface area contributed by atoms with E-state index in [9.17, 15) is 9.18 Å². The fourth-order valence-corrected chi connectivity index (χ4v) is 2.54. The van der Waals surface area contributed by atoms with Crippen LogP contribution < -0.4 is 14.8 Å². The van der Waals surface area contributed by atoms with Gasteiger partial charge in [0.2, 0.25) is 5.91 Å². The van der Waals surface area contributed by atoms with Gasteiger partial charge in [-0.05, 0) is 37.7 Å². The Morgan fingerprint density at radius 2 is 1.96 bits per heavy atom. The molecular formula is C19H23FN2O3. The molecule has 0 aromatic heterocycles. The minimum atomic E-state index is -0.340. The molecule has 0 saturated carbocycles. The van der Waals surface area contributed by atoms with Crippen LogP contribution in [-0.4, -0.2) is 38.6 Å². The van der Waals surface area contributed by atoms with Crippen molar-refractivity contribution < 1.29 is 18.7 Å². The number of halogens is 1. The highest BCUT2D eigenvalue weighted by Gasteiger charge is 2.13. The zero-order valence-corrected chi connectivity index (χ0v) is 14.9. The lowest BCUT2D eigenvalue weighted by Gasteiger charge is -2.19. The average Bonchev–Trinajstić information content (AvgIpc) is 2.57. The van der Waals surface area contributed by atoms with Crippen LogP contribution >= 0.6 is 0 Å². The summed E-state index contributed by atoms with van der Waals surface area (Å²) in [5.41, 5.74) is 1.90. The summed E-state index contributed by atoms with van der Waals surface area (Å²) in [6.45, 7) is 2.35. The van der Waals surface area contributed by atoms with Crippen LogP contribution in [0.15, 0.2) is 36.4 Å². The molecule has 2 rings (SSSR count). The Labute approximate surface area is 147 Å². The summed E-state index contributed by atoms with van der Waals surface area (Å²) in [5.74, 6) is 0.741. The molecule has 2 aromatic carbocycles. The predicted molar refractivity (Wildman–Crippen MR) is 95.6 cm³/mol. The highest BCUT2D eigenvalue weighted by atomic mass is 19.1. The number of rotatable bonds is 7. The van der Waals surface area contributed by atoms with Crippen LogP contribution in [-0.2, 0) is 11.3 Å². The lowest BCUT2D eigenvalue weighted by atomic mass is 10.1. The molecule has 0 unspecified atom stereocenters. The number of benzene rings is 2. The van der Waals surface area contributed by atoms with Gasteiger partial charge >= 0.3 is 0 Å². The second-order valence-corrected chi connectivity index (χ2v) is 5.84. The van der Waals surface area contributed by atoms with Crippen molar-refractivity contribution in [3.8, 4) is 11.5 Å². The Hall–Kier alpha value is -2.60. The van der Waals surface area contributed by atoms with Gasteiger partial charge in [0.25, 0.3) is 0 Å². The van der Waals surface area contributed by atoms with Crippen LogP contribution in [0.1, 0.15) is 11.1 Å². The fourth-order valence-electron chi connectivity index (χ4n) is 2.54. The molecule has 0 saturated heterocycles. The summed E-state index contributed by atoms with van der Waals surface area (Å²) in [5, 5.41) is 2.70. The fraction of sp³-hybridized carbons (Fsp3) is 0.316. The zero-order chi connectivity index (χ0) is 18.4. The number of para-hydroxylation sites is 1. The van der Waals surface area contributed by atoms with Crippen molar-refractivity contribution in [1.82, 2.24) is 4.90 Å². The van der Waals surface area contributed by atoms with E-state index in [2.05, 4.69) is 5.32 Å². The van der Waals surface area contributed by atoms with E-state index in [1.165, 1.54) is 6.07 Å². The Balaban J connectivity index is 1.99. The van der Waals surface area contributed by atoms with E-state index in [-0.39, 0.29) is 18.3 Å². The maximum absolute atomic E-state index is 13.5. The lowest BCUT2D eigenvalue weighted by Crippen LogP contribution is -2.30. The van der Waals surface area contributed by atoms with E-state index in [4.69, 9.17) is 9.47 Å². The molecule has 0 aliphatic rings. The number of aryl methyl sites for hydroxylation is 1. The number of carbonyl (C=O) groups excluding carboxylic acids is 1. The number of nitrogens with one attached hydrogen (secondary N) is 1. The number of amides is 1. The van der Waals surface area contributed by atoms with E-state index < -0.39 is 0 Å². The second kappa shape index (κ2) is 8.48. The first-order valence-electron chi connectivity index (χ1n) is 7.89. The molecule has 0 radical (unpaired) electrons. The monoisotopic (exact) mass is 346 g/mol. The van der Waals surface area contributed by atoms with E-state index in [1.54, 1.807) is 33.3 Å². The SMILES string of the molecule is COc1cccc(CN(C)CC(=O)Nc2ccc(C)c(F)c2)c1OC. The maximum atomic E-state index is 13.5. The van der Waals surface area contributed by atoms with E-state index in [1.807, 2.05) is 30.1 Å². The molecule has 2 aromatic rings. The minimum absolute atomic E-state index is 0.163. The van der Waals surface area contributed by atoms with Gasteiger partial charge in [0.1, 0.15) is 5.82 Å². The number of nitrogens with zero attached hydrogens (tertiary/aromatic N) is 1. The Morgan fingerprint density at radius 1 is 1.20 bits per heavy atom. The van der Waals surface area contributed by atoms with Crippen LogP contribution in [0.25, 0.3) is 0 Å². The number of hydrogen-bond acceptors (Lipinski definition) is 4. The van der Waals surface area contributed by atoms with Crippen molar-refractivity contribution in [3.63, 3.8) is 0 Å². The van der Waals surface area contributed by atoms with Crippen LogP contribution in [0.3, 0.4) is 0 Å². The third kappa shape index (κ3) is 4.93. The van der Waals surface area contributed by atoms with Gasteiger partial charge in [0.15, 0.2) is 11.5 Å². The first-order chi connectivity index (χ1) is 11.9. The van der Waals surface area contributed by atoms with Crippen molar-refractivity contribution >= 4 is 11.6 Å². The van der Waals surface area contributed by atoms with E-state index in [0.29, 0.717) is 29.3 Å². The number of likely N-dealkylation sites (N-methyl/N-ethyl adjacent to an activating group) is 1. The quantitative estimate of drug-likeness (QED) is 0.836. The van der Waals surface area contributed by atoms with Crippen molar-refractivity contribution in [3.05, 3.63) is 53.3 Å². The molecule has 5 nitrogen and oxygen atoms in total. The van der Waals surface area contributed by atoms with E-state index in [0.717, 1.165) is 5.56 Å². The molecule has 6 heteroatoms. The van der Waals surface area contributed by atoms with E-state index >= 15 is 0 Å². The molecule has 0 spiro atoms. The highest BCUT2D eigenvalue weighted by molar-refractivity contribution is 5.92. The van der Waals surface area contributed by atoms with Gasteiger partial charge in [-0.1, -0.05) is 18.2 Å². The Morgan fingerprint density at radius 3 is 2.60 bits per heavy atom. The summed E-state index contributed by atoms with van der Waals surface area (Å²) in [7, 11) is 4.99. The molecule has 1 amide bonds. The number of hydrogen-bond donors (Lipinski definition) is 1. The Kier molecular flexibility index (Phi) is 6.36. The molecule has 0 atom stereocenters.